The van der Waals surface area contributed by atoms with Crippen molar-refractivity contribution in [3.63, 3.8) is 0 Å². The normalized spacial score (nSPS) is 12.7. The summed E-state index contributed by atoms with van der Waals surface area (Å²) in [6.45, 7) is 0. The van der Waals surface area contributed by atoms with Crippen LogP contribution in [0.4, 0.5) is 0 Å². The van der Waals surface area contributed by atoms with E-state index in [9.17, 15) is 18.0 Å². The van der Waals surface area contributed by atoms with Gasteiger partial charge in [-0.3, -0.25) is 9.59 Å². The number of carbonyl (C=O) groups is 2. The Morgan fingerprint density at radius 3 is 2.43 bits per heavy atom. The van der Waals surface area contributed by atoms with Gasteiger partial charge in [-0.05, 0) is 34.1 Å². The summed E-state index contributed by atoms with van der Waals surface area (Å²) in [5.41, 5.74) is 0. The molecule has 0 aliphatic rings. The Labute approximate surface area is 128 Å². The molecule has 21 heavy (non-hydrogen) atoms. The third kappa shape index (κ3) is 4.69. The SMILES string of the molecule is COc1ccc(S(=O)(=O)N[C@H](CC(=O)O)C(=O)O)cc1Br. The molecule has 8 nitrogen and oxygen atoms in total. The van der Waals surface area contributed by atoms with E-state index in [1.54, 1.807) is 0 Å². The summed E-state index contributed by atoms with van der Waals surface area (Å²) in [5.74, 6) is -2.61. The van der Waals surface area contributed by atoms with Crippen molar-refractivity contribution in [1.82, 2.24) is 4.72 Å². The molecule has 0 saturated carbocycles. The molecule has 0 aromatic heterocycles. The van der Waals surface area contributed by atoms with Crippen LogP contribution in [0.3, 0.4) is 0 Å². The van der Waals surface area contributed by atoms with E-state index in [-0.39, 0.29) is 4.90 Å². The molecule has 0 heterocycles. The second-order valence-corrected chi connectivity index (χ2v) is 6.47. The van der Waals surface area contributed by atoms with E-state index in [4.69, 9.17) is 14.9 Å². The van der Waals surface area contributed by atoms with Crippen LogP contribution in [0.2, 0.25) is 0 Å². The fraction of sp³-hybridized carbons (Fsp3) is 0.273. The molecule has 0 saturated heterocycles. The van der Waals surface area contributed by atoms with Crippen LogP contribution in [-0.2, 0) is 19.6 Å². The van der Waals surface area contributed by atoms with Gasteiger partial charge in [-0.1, -0.05) is 0 Å². The maximum absolute atomic E-state index is 12.1. The average molecular weight is 382 g/mol. The summed E-state index contributed by atoms with van der Waals surface area (Å²) in [4.78, 5) is 21.2. The summed E-state index contributed by atoms with van der Waals surface area (Å²) in [6, 6.07) is 2.06. The zero-order valence-electron chi connectivity index (χ0n) is 10.7. The number of nitrogens with one attached hydrogen (secondary N) is 1. The van der Waals surface area contributed by atoms with Crippen molar-refractivity contribution < 1.29 is 33.0 Å². The zero-order chi connectivity index (χ0) is 16.2. The van der Waals surface area contributed by atoms with Crippen LogP contribution >= 0.6 is 15.9 Å². The summed E-state index contributed by atoms with van der Waals surface area (Å²) in [5, 5.41) is 17.4. The second-order valence-electron chi connectivity index (χ2n) is 3.91. The molecule has 10 heteroatoms. The Kier molecular flexibility index (Phi) is 5.70. The number of ether oxygens (including phenoxy) is 1. The highest BCUT2D eigenvalue weighted by Gasteiger charge is 2.27. The van der Waals surface area contributed by atoms with Crippen LogP contribution in [-0.4, -0.2) is 43.7 Å². The third-order valence-electron chi connectivity index (χ3n) is 2.41. The molecular weight excluding hydrogens is 370 g/mol. The van der Waals surface area contributed by atoms with Crippen molar-refractivity contribution in [2.24, 2.45) is 0 Å². The van der Waals surface area contributed by atoms with Gasteiger partial charge < -0.3 is 14.9 Å². The van der Waals surface area contributed by atoms with Crippen molar-refractivity contribution in [3.05, 3.63) is 22.7 Å². The number of carboxylic acids is 2. The number of hydrogen-bond donors (Lipinski definition) is 3. The number of rotatable bonds is 7. The molecule has 0 aliphatic carbocycles. The number of hydrogen-bond acceptors (Lipinski definition) is 5. The van der Waals surface area contributed by atoms with Gasteiger partial charge in [0.2, 0.25) is 10.0 Å². The van der Waals surface area contributed by atoms with Gasteiger partial charge in [0, 0.05) is 0 Å². The predicted molar refractivity (Wildman–Crippen MR) is 74.7 cm³/mol. The van der Waals surface area contributed by atoms with Crippen LogP contribution in [0.1, 0.15) is 6.42 Å². The standard InChI is InChI=1S/C11H12BrNO7S/c1-20-9-3-2-6(4-7(9)12)21(18,19)13-8(11(16)17)5-10(14)15/h2-4,8,13H,5H2,1H3,(H,14,15)(H,16,17)/t8-/m1/s1. The van der Waals surface area contributed by atoms with E-state index in [2.05, 4.69) is 15.9 Å². The molecule has 1 atom stereocenters. The molecule has 0 radical (unpaired) electrons. The smallest absolute Gasteiger partial charge is 0.322 e. The van der Waals surface area contributed by atoms with E-state index in [1.165, 1.54) is 25.3 Å². The average Bonchev–Trinajstić information content (AvgIpc) is 2.36. The molecule has 116 valence electrons. The van der Waals surface area contributed by atoms with Gasteiger partial charge >= 0.3 is 11.9 Å². The minimum Gasteiger partial charge on any atom is -0.496 e. The first-order valence-corrected chi connectivity index (χ1v) is 7.75. The molecule has 1 aromatic carbocycles. The van der Waals surface area contributed by atoms with Crippen LogP contribution in [0.15, 0.2) is 27.6 Å². The Bertz CT molecular complexity index is 659. The number of methoxy groups -OCH3 is 1. The van der Waals surface area contributed by atoms with Crippen molar-refractivity contribution >= 4 is 37.9 Å². The minimum atomic E-state index is -4.18. The Morgan fingerprint density at radius 1 is 1.38 bits per heavy atom. The van der Waals surface area contributed by atoms with E-state index in [1.807, 2.05) is 4.72 Å². The fourth-order valence-electron chi connectivity index (χ4n) is 1.42. The number of carboxylic acid groups (broad SMARTS) is 2. The Hall–Kier alpha value is -1.65. The van der Waals surface area contributed by atoms with E-state index in [0.717, 1.165) is 0 Å². The van der Waals surface area contributed by atoms with Gasteiger partial charge in [0.25, 0.3) is 0 Å². The lowest BCUT2D eigenvalue weighted by Gasteiger charge is -2.13. The van der Waals surface area contributed by atoms with Gasteiger partial charge in [-0.25, -0.2) is 8.42 Å². The molecule has 0 aliphatic heterocycles. The van der Waals surface area contributed by atoms with Gasteiger partial charge in [-0.2, -0.15) is 4.72 Å². The summed E-state index contributed by atoms with van der Waals surface area (Å²) < 4.78 is 31.2. The Morgan fingerprint density at radius 2 is 2.00 bits per heavy atom. The number of benzene rings is 1. The molecule has 1 aromatic rings. The monoisotopic (exact) mass is 381 g/mol. The second kappa shape index (κ2) is 6.87. The highest BCUT2D eigenvalue weighted by atomic mass is 79.9. The van der Waals surface area contributed by atoms with Gasteiger partial charge in [0.1, 0.15) is 11.8 Å². The van der Waals surface area contributed by atoms with E-state index < -0.39 is 34.4 Å². The highest BCUT2D eigenvalue weighted by molar-refractivity contribution is 9.10. The zero-order valence-corrected chi connectivity index (χ0v) is 13.1. The lowest BCUT2D eigenvalue weighted by molar-refractivity contribution is -0.145. The third-order valence-corrected chi connectivity index (χ3v) is 4.50. The maximum atomic E-state index is 12.1. The van der Waals surface area contributed by atoms with E-state index >= 15 is 0 Å². The van der Waals surface area contributed by atoms with Gasteiger partial charge in [-0.15, -0.1) is 0 Å². The van der Waals surface area contributed by atoms with Crippen molar-refractivity contribution in [2.75, 3.05) is 7.11 Å². The van der Waals surface area contributed by atoms with Crippen LogP contribution in [0.25, 0.3) is 0 Å². The van der Waals surface area contributed by atoms with Crippen molar-refractivity contribution in [2.45, 2.75) is 17.4 Å². The fourth-order valence-corrected chi connectivity index (χ4v) is 3.33. The topological polar surface area (TPSA) is 130 Å². The lowest BCUT2D eigenvalue weighted by atomic mass is 10.2. The van der Waals surface area contributed by atoms with Crippen molar-refractivity contribution in [1.29, 1.82) is 0 Å². The molecule has 0 fully saturated rings. The quantitative estimate of drug-likeness (QED) is 0.632. The molecule has 0 bridgehead atoms. The largest absolute Gasteiger partial charge is 0.496 e. The molecular formula is C11H12BrNO7S. The lowest BCUT2D eigenvalue weighted by Crippen LogP contribution is -2.42. The van der Waals surface area contributed by atoms with Crippen LogP contribution < -0.4 is 9.46 Å². The number of aliphatic carboxylic acids is 2. The first-order valence-electron chi connectivity index (χ1n) is 5.48. The molecule has 0 spiro atoms. The van der Waals surface area contributed by atoms with Gasteiger partial charge in [0.05, 0.1) is 22.9 Å². The Balaban J connectivity index is 3.07. The first kappa shape index (κ1) is 17.4. The molecule has 3 N–H and O–H groups in total. The van der Waals surface area contributed by atoms with E-state index in [0.29, 0.717) is 10.2 Å². The molecule has 0 amide bonds. The summed E-state index contributed by atoms with van der Waals surface area (Å²) in [6.07, 6.45) is -0.869. The number of sulfonamides is 1. The predicted octanol–water partition coefficient (Wildman–Crippen LogP) is 0.664. The first-order chi connectivity index (χ1) is 9.67. The van der Waals surface area contributed by atoms with Crippen molar-refractivity contribution in [3.8, 4) is 5.75 Å². The van der Waals surface area contributed by atoms with Gasteiger partial charge in [0.15, 0.2) is 0 Å². The summed E-state index contributed by atoms with van der Waals surface area (Å²) >= 11 is 3.11. The maximum Gasteiger partial charge on any atom is 0.322 e. The number of halogens is 1. The van der Waals surface area contributed by atoms with Crippen LogP contribution in [0.5, 0.6) is 5.75 Å². The molecule has 0 unspecified atom stereocenters. The van der Waals surface area contributed by atoms with Crippen LogP contribution in [0, 0.1) is 0 Å². The highest BCUT2D eigenvalue weighted by Crippen LogP contribution is 2.27. The molecule has 1 rings (SSSR count). The minimum absolute atomic E-state index is 0.216. The summed E-state index contributed by atoms with van der Waals surface area (Å²) in [7, 11) is -2.77.